The van der Waals surface area contributed by atoms with E-state index in [0.717, 1.165) is 35.3 Å². The van der Waals surface area contributed by atoms with Crippen LogP contribution in [0, 0.1) is 17.1 Å². The van der Waals surface area contributed by atoms with Gasteiger partial charge in [-0.05, 0) is 44.2 Å². The van der Waals surface area contributed by atoms with Gasteiger partial charge in [-0.15, -0.1) is 0 Å². The minimum absolute atomic E-state index is 0.0467. The lowest BCUT2D eigenvalue weighted by atomic mass is 10.0. The SMILES string of the molecule is C=C(F)C(=O)N1CCN(c2nc(OCC3CCN3C(C)C)nc3c2CCN(c2cccc4ccc(F)c(Cl)c24)C3)C[C@@H]1CC#N. The smallest absolute Gasteiger partial charge is 0.318 e. The maximum absolute atomic E-state index is 14.5. The van der Waals surface area contributed by atoms with E-state index in [1.807, 2.05) is 23.1 Å². The molecule has 4 heterocycles. The number of fused-ring (bicyclic) bond motifs is 2. The number of carbonyl (C=O) groups is 1. The van der Waals surface area contributed by atoms with E-state index in [2.05, 4.69) is 36.3 Å². The van der Waals surface area contributed by atoms with Gasteiger partial charge in [0.15, 0.2) is 5.83 Å². The van der Waals surface area contributed by atoms with Crippen LogP contribution in [0.1, 0.15) is 37.9 Å². The van der Waals surface area contributed by atoms with Crippen molar-refractivity contribution in [3.05, 3.63) is 64.8 Å². The van der Waals surface area contributed by atoms with E-state index in [9.17, 15) is 18.8 Å². The number of piperazine rings is 1. The minimum atomic E-state index is -1.04. The summed E-state index contributed by atoms with van der Waals surface area (Å²) in [6.45, 7) is 11.0. The summed E-state index contributed by atoms with van der Waals surface area (Å²) in [5.74, 6) is -1.61. The highest BCUT2D eigenvalue weighted by Crippen LogP contribution is 2.38. The van der Waals surface area contributed by atoms with Crippen LogP contribution in [-0.4, -0.2) is 83.1 Å². The normalized spacial score (nSPS) is 20.2. The lowest BCUT2D eigenvalue weighted by Crippen LogP contribution is -2.56. The molecule has 0 aliphatic carbocycles. The first kappa shape index (κ1) is 31.0. The quantitative estimate of drug-likeness (QED) is 0.310. The van der Waals surface area contributed by atoms with Crippen molar-refractivity contribution >= 4 is 39.8 Å². The predicted molar refractivity (Wildman–Crippen MR) is 170 cm³/mol. The van der Waals surface area contributed by atoms with Crippen LogP contribution in [0.3, 0.4) is 0 Å². The highest BCUT2D eigenvalue weighted by atomic mass is 35.5. The standard InChI is InChI=1S/C33H36ClF2N7O2/c1-20(2)42-14-10-24(42)19-45-33-38-27-18-40(28-6-4-5-22-7-8-26(36)30(34)29(22)28)13-11-25(27)31(39-33)41-15-16-43(32(44)21(3)35)23(17-41)9-12-37/h4-8,20,23-24H,3,9-11,13-19H2,1-2H3/t23-,24?/m0/s1. The second kappa shape index (κ2) is 12.8. The molecule has 45 heavy (non-hydrogen) atoms. The largest absolute Gasteiger partial charge is 0.462 e. The molecule has 6 rings (SSSR count). The number of nitrogens with zero attached hydrogens (tertiary/aromatic N) is 7. The number of benzene rings is 2. The molecule has 236 valence electrons. The van der Waals surface area contributed by atoms with Crippen LogP contribution in [0.5, 0.6) is 6.01 Å². The molecule has 1 aromatic heterocycles. The van der Waals surface area contributed by atoms with Gasteiger partial charge >= 0.3 is 6.01 Å². The highest BCUT2D eigenvalue weighted by molar-refractivity contribution is 6.36. The molecule has 0 N–H and O–H groups in total. The molecule has 3 aliphatic rings. The van der Waals surface area contributed by atoms with E-state index in [-0.39, 0.29) is 30.0 Å². The molecule has 1 unspecified atom stereocenters. The molecule has 2 saturated heterocycles. The summed E-state index contributed by atoms with van der Waals surface area (Å²) in [5, 5.41) is 11.1. The monoisotopic (exact) mass is 635 g/mol. The Kier molecular flexibility index (Phi) is 8.80. The van der Waals surface area contributed by atoms with Crippen molar-refractivity contribution in [2.45, 2.75) is 57.8 Å². The van der Waals surface area contributed by atoms with E-state index in [0.29, 0.717) is 56.5 Å². The van der Waals surface area contributed by atoms with Crippen LogP contribution >= 0.6 is 11.6 Å². The molecule has 0 spiro atoms. The first-order chi connectivity index (χ1) is 21.7. The summed E-state index contributed by atoms with van der Waals surface area (Å²) in [4.78, 5) is 30.2. The Morgan fingerprint density at radius 2 is 1.98 bits per heavy atom. The third-order valence-electron chi connectivity index (χ3n) is 9.14. The van der Waals surface area contributed by atoms with Gasteiger partial charge in [0, 0.05) is 61.4 Å². The summed E-state index contributed by atoms with van der Waals surface area (Å²) in [6, 6.07) is 11.4. The van der Waals surface area contributed by atoms with Crippen molar-refractivity contribution < 1.29 is 18.3 Å². The lowest BCUT2D eigenvalue weighted by molar-refractivity contribution is -0.131. The first-order valence-electron chi connectivity index (χ1n) is 15.3. The Bertz CT molecular complexity index is 1680. The zero-order valence-corrected chi connectivity index (χ0v) is 26.2. The zero-order chi connectivity index (χ0) is 31.8. The predicted octanol–water partition coefficient (Wildman–Crippen LogP) is 5.26. The average molecular weight is 636 g/mol. The van der Waals surface area contributed by atoms with Gasteiger partial charge in [0.25, 0.3) is 5.91 Å². The van der Waals surface area contributed by atoms with Gasteiger partial charge in [0.05, 0.1) is 35.8 Å². The lowest BCUT2D eigenvalue weighted by Gasteiger charge is -2.43. The third-order valence-corrected chi connectivity index (χ3v) is 9.51. The fraction of sp³-hybridized carbons (Fsp3) is 0.455. The van der Waals surface area contributed by atoms with Gasteiger partial charge in [-0.25, -0.2) is 8.78 Å². The number of likely N-dealkylation sites (tertiary alicyclic amines) is 1. The van der Waals surface area contributed by atoms with Crippen molar-refractivity contribution in [1.82, 2.24) is 19.8 Å². The Balaban J connectivity index is 1.34. The molecule has 2 atom stereocenters. The topological polar surface area (TPSA) is 88.8 Å². The molecular formula is C33H36ClF2N7O2. The Morgan fingerprint density at radius 3 is 2.69 bits per heavy atom. The molecule has 0 bridgehead atoms. The van der Waals surface area contributed by atoms with Gasteiger partial charge in [-0.2, -0.15) is 15.2 Å². The number of hydrogen-bond donors (Lipinski definition) is 0. The molecule has 3 aromatic rings. The number of ether oxygens (including phenoxy) is 1. The van der Waals surface area contributed by atoms with Crippen LogP contribution in [0.15, 0.2) is 42.7 Å². The Hall–Kier alpha value is -4.01. The summed E-state index contributed by atoms with van der Waals surface area (Å²) in [5.41, 5.74) is 2.56. The van der Waals surface area contributed by atoms with Crippen LogP contribution in [0.2, 0.25) is 5.02 Å². The van der Waals surface area contributed by atoms with Crippen LogP contribution in [0.25, 0.3) is 10.8 Å². The van der Waals surface area contributed by atoms with Gasteiger partial charge in [0.1, 0.15) is 18.2 Å². The summed E-state index contributed by atoms with van der Waals surface area (Å²) in [6.07, 6.45) is 1.68. The molecule has 9 nitrogen and oxygen atoms in total. The second-order valence-corrected chi connectivity index (χ2v) is 12.5. The first-order valence-corrected chi connectivity index (χ1v) is 15.7. The maximum atomic E-state index is 14.5. The average Bonchev–Trinajstić information content (AvgIpc) is 3.01. The van der Waals surface area contributed by atoms with Crippen LogP contribution in [-0.2, 0) is 17.8 Å². The van der Waals surface area contributed by atoms with Gasteiger partial charge in [0.2, 0.25) is 0 Å². The van der Waals surface area contributed by atoms with E-state index in [1.54, 1.807) is 6.07 Å². The van der Waals surface area contributed by atoms with Gasteiger partial charge in [-0.3, -0.25) is 9.69 Å². The second-order valence-electron chi connectivity index (χ2n) is 12.1. The fourth-order valence-corrected chi connectivity index (χ4v) is 6.99. The van der Waals surface area contributed by atoms with Gasteiger partial charge in [-0.1, -0.05) is 36.4 Å². The highest BCUT2D eigenvalue weighted by Gasteiger charge is 2.36. The fourth-order valence-electron chi connectivity index (χ4n) is 6.72. The molecule has 1 amide bonds. The van der Waals surface area contributed by atoms with Gasteiger partial charge < -0.3 is 19.4 Å². The zero-order valence-electron chi connectivity index (χ0n) is 25.5. The van der Waals surface area contributed by atoms with Crippen molar-refractivity contribution in [2.24, 2.45) is 0 Å². The van der Waals surface area contributed by atoms with Crippen molar-refractivity contribution in [1.29, 1.82) is 5.26 Å². The van der Waals surface area contributed by atoms with E-state index in [1.165, 1.54) is 11.0 Å². The Morgan fingerprint density at radius 1 is 1.16 bits per heavy atom. The molecular weight excluding hydrogens is 600 g/mol. The number of nitriles is 1. The number of amides is 1. The number of halogens is 3. The summed E-state index contributed by atoms with van der Waals surface area (Å²) < 4.78 is 34.6. The minimum Gasteiger partial charge on any atom is -0.462 e. The maximum Gasteiger partial charge on any atom is 0.318 e. The number of carbonyl (C=O) groups excluding carboxylic acids is 1. The number of hydrogen-bond acceptors (Lipinski definition) is 8. The Labute approximate surface area is 266 Å². The summed E-state index contributed by atoms with van der Waals surface area (Å²) in [7, 11) is 0. The number of rotatable bonds is 8. The molecule has 12 heteroatoms. The van der Waals surface area contributed by atoms with E-state index in [4.69, 9.17) is 26.3 Å². The molecule has 0 saturated carbocycles. The van der Waals surface area contributed by atoms with E-state index < -0.39 is 23.6 Å². The molecule has 2 fully saturated rings. The van der Waals surface area contributed by atoms with Crippen molar-refractivity contribution in [3.8, 4) is 12.1 Å². The van der Waals surface area contributed by atoms with Crippen LogP contribution < -0.4 is 14.5 Å². The molecule has 2 aromatic carbocycles. The van der Waals surface area contributed by atoms with Crippen molar-refractivity contribution in [2.75, 3.05) is 49.1 Å². The molecule has 0 radical (unpaired) electrons. The van der Waals surface area contributed by atoms with E-state index >= 15 is 0 Å². The van der Waals surface area contributed by atoms with Crippen molar-refractivity contribution in [3.63, 3.8) is 0 Å². The number of aromatic nitrogens is 2. The van der Waals surface area contributed by atoms with Crippen LogP contribution in [0.4, 0.5) is 20.3 Å². The number of anilines is 2. The summed E-state index contributed by atoms with van der Waals surface area (Å²) >= 11 is 6.48. The third kappa shape index (κ3) is 6.01. The molecule has 3 aliphatic heterocycles.